The number of methoxy groups -OCH3 is 1. The van der Waals surface area contributed by atoms with Crippen molar-refractivity contribution in [3.8, 4) is 23.0 Å². The number of carbonyl (C=O) groups excluding carboxylic acids is 1. The molecule has 1 amide bonds. The average Bonchev–Trinajstić information content (AvgIpc) is 3.26. The molecule has 0 saturated heterocycles. The summed E-state index contributed by atoms with van der Waals surface area (Å²) in [6.07, 6.45) is 0. The maximum atomic E-state index is 12.4. The second-order valence-corrected chi connectivity index (χ2v) is 7.80. The van der Waals surface area contributed by atoms with Crippen LogP contribution in [0.4, 0.5) is 5.69 Å². The minimum Gasteiger partial charge on any atom is -0.495 e. The van der Waals surface area contributed by atoms with Crippen molar-refractivity contribution in [1.82, 2.24) is 4.98 Å². The van der Waals surface area contributed by atoms with Crippen LogP contribution in [0.5, 0.6) is 11.5 Å². The zero-order valence-electron chi connectivity index (χ0n) is 17.7. The second kappa shape index (κ2) is 8.84. The number of benzene rings is 4. The largest absolute Gasteiger partial charge is 0.495 e. The van der Waals surface area contributed by atoms with E-state index >= 15 is 0 Å². The maximum absolute atomic E-state index is 12.4. The van der Waals surface area contributed by atoms with Crippen molar-refractivity contribution in [1.29, 1.82) is 0 Å². The molecule has 0 aliphatic carbocycles. The van der Waals surface area contributed by atoms with Crippen molar-refractivity contribution in [2.24, 2.45) is 0 Å². The van der Waals surface area contributed by atoms with Crippen LogP contribution < -0.4 is 14.8 Å². The molecule has 0 aliphatic rings. The van der Waals surface area contributed by atoms with Crippen molar-refractivity contribution >= 4 is 45.1 Å². The summed E-state index contributed by atoms with van der Waals surface area (Å²) in [6, 6.07) is 24.3. The van der Waals surface area contributed by atoms with Gasteiger partial charge in [0.15, 0.2) is 12.2 Å². The minimum atomic E-state index is -0.270. The number of fused-ring (bicyclic) bond motifs is 2. The molecule has 0 fully saturated rings. The smallest absolute Gasteiger partial charge is 0.262 e. The summed E-state index contributed by atoms with van der Waals surface area (Å²) in [7, 11) is 1.56. The Morgan fingerprint density at radius 1 is 1.00 bits per heavy atom. The summed E-state index contributed by atoms with van der Waals surface area (Å²) in [5.41, 5.74) is 2.54. The van der Waals surface area contributed by atoms with Crippen LogP contribution in [0.1, 0.15) is 0 Å². The summed E-state index contributed by atoms with van der Waals surface area (Å²) >= 11 is 6.21. The summed E-state index contributed by atoms with van der Waals surface area (Å²) in [6.45, 7) is -0.106. The quantitative estimate of drug-likeness (QED) is 0.322. The zero-order valence-corrected chi connectivity index (χ0v) is 18.4. The number of nitrogens with one attached hydrogen (secondary N) is 1. The molecular formula is C26H19ClN2O4. The topological polar surface area (TPSA) is 73.6 Å². The first-order valence-electron chi connectivity index (χ1n) is 10.2. The standard InChI is InChI=1S/C26H19ClN2O4/c1-31-23-10-7-18(13-21(23)27)26-29-22-14-19(8-11-24(22)33-26)28-25(30)15-32-20-9-6-16-4-2-3-5-17(16)12-20/h2-14H,15H2,1H3,(H,28,30). The number of carbonyl (C=O) groups is 1. The van der Waals surface area contributed by atoms with Gasteiger partial charge in [-0.2, -0.15) is 0 Å². The Morgan fingerprint density at radius 3 is 2.67 bits per heavy atom. The van der Waals surface area contributed by atoms with Crippen molar-refractivity contribution in [3.63, 3.8) is 0 Å². The zero-order chi connectivity index (χ0) is 22.8. The van der Waals surface area contributed by atoms with Gasteiger partial charge in [-0.25, -0.2) is 4.98 Å². The molecule has 0 bridgehead atoms. The Hall–Kier alpha value is -4.03. The van der Waals surface area contributed by atoms with Crippen molar-refractivity contribution in [2.75, 3.05) is 19.0 Å². The fraction of sp³-hybridized carbons (Fsp3) is 0.0769. The van der Waals surface area contributed by atoms with E-state index in [4.69, 9.17) is 25.5 Å². The number of oxazole rings is 1. The molecule has 1 aromatic heterocycles. The summed E-state index contributed by atoms with van der Waals surface area (Å²) in [5.74, 6) is 1.37. The molecule has 0 unspecified atom stereocenters. The number of hydrogen-bond donors (Lipinski definition) is 1. The minimum absolute atomic E-state index is 0.106. The number of rotatable bonds is 6. The Kier molecular flexibility index (Phi) is 5.59. The van der Waals surface area contributed by atoms with Gasteiger partial charge >= 0.3 is 0 Å². The van der Waals surface area contributed by atoms with Crippen LogP contribution in [0.3, 0.4) is 0 Å². The Bertz CT molecular complexity index is 1480. The molecule has 0 radical (unpaired) electrons. The van der Waals surface area contributed by atoms with E-state index in [9.17, 15) is 4.79 Å². The van der Waals surface area contributed by atoms with Gasteiger partial charge in [-0.15, -0.1) is 0 Å². The van der Waals surface area contributed by atoms with Gasteiger partial charge in [-0.05, 0) is 59.3 Å². The highest BCUT2D eigenvalue weighted by atomic mass is 35.5. The van der Waals surface area contributed by atoms with Gasteiger partial charge in [0.1, 0.15) is 17.0 Å². The lowest BCUT2D eigenvalue weighted by Crippen LogP contribution is -2.20. The Balaban J connectivity index is 1.27. The Labute approximate surface area is 194 Å². The molecule has 5 aromatic rings. The molecular weight excluding hydrogens is 440 g/mol. The lowest BCUT2D eigenvalue weighted by molar-refractivity contribution is -0.118. The van der Waals surface area contributed by atoms with Gasteiger partial charge in [0, 0.05) is 11.3 Å². The van der Waals surface area contributed by atoms with Crippen molar-refractivity contribution in [2.45, 2.75) is 0 Å². The highest BCUT2D eigenvalue weighted by Gasteiger charge is 2.12. The molecule has 0 aliphatic heterocycles. The van der Waals surface area contributed by atoms with Crippen molar-refractivity contribution < 1.29 is 18.7 Å². The number of ether oxygens (including phenoxy) is 2. The fourth-order valence-corrected chi connectivity index (χ4v) is 3.79. The lowest BCUT2D eigenvalue weighted by atomic mass is 10.1. The molecule has 33 heavy (non-hydrogen) atoms. The van der Waals surface area contributed by atoms with Gasteiger partial charge in [0.05, 0.1) is 12.1 Å². The van der Waals surface area contributed by atoms with Crippen LogP contribution in [0, 0.1) is 0 Å². The molecule has 1 N–H and O–H groups in total. The number of amides is 1. The van der Waals surface area contributed by atoms with Crippen LogP contribution in [0.25, 0.3) is 33.3 Å². The van der Waals surface area contributed by atoms with E-state index in [2.05, 4.69) is 10.3 Å². The molecule has 0 atom stereocenters. The van der Waals surface area contributed by atoms with Gasteiger partial charge in [-0.1, -0.05) is 41.9 Å². The summed E-state index contributed by atoms with van der Waals surface area (Å²) < 4.78 is 16.7. The first-order chi connectivity index (χ1) is 16.1. The maximum Gasteiger partial charge on any atom is 0.262 e. The number of hydrogen-bond acceptors (Lipinski definition) is 5. The molecule has 4 aromatic carbocycles. The van der Waals surface area contributed by atoms with Gasteiger partial charge in [0.2, 0.25) is 5.89 Å². The molecule has 0 spiro atoms. The number of anilines is 1. The molecule has 7 heteroatoms. The van der Waals surface area contributed by atoms with Crippen LogP contribution in [0.2, 0.25) is 5.02 Å². The molecule has 0 saturated carbocycles. The van der Waals surface area contributed by atoms with E-state index in [-0.39, 0.29) is 12.5 Å². The third-order valence-corrected chi connectivity index (χ3v) is 5.46. The summed E-state index contributed by atoms with van der Waals surface area (Å²) in [5, 5.41) is 5.47. The Morgan fingerprint density at radius 2 is 1.85 bits per heavy atom. The third kappa shape index (κ3) is 4.47. The SMILES string of the molecule is COc1ccc(-c2nc3cc(NC(=O)COc4ccc5ccccc5c4)ccc3o2)cc1Cl. The van der Waals surface area contributed by atoms with E-state index in [0.717, 1.165) is 16.3 Å². The van der Waals surface area contributed by atoms with E-state index in [1.807, 2.05) is 48.5 Å². The van der Waals surface area contributed by atoms with Crippen LogP contribution >= 0.6 is 11.6 Å². The molecule has 6 nitrogen and oxygen atoms in total. The molecule has 5 rings (SSSR count). The van der Waals surface area contributed by atoms with Gasteiger partial charge < -0.3 is 19.2 Å². The monoisotopic (exact) mass is 458 g/mol. The van der Waals surface area contributed by atoms with Crippen LogP contribution in [-0.2, 0) is 4.79 Å². The van der Waals surface area contributed by atoms with E-state index in [0.29, 0.717) is 39.2 Å². The van der Waals surface area contributed by atoms with Crippen LogP contribution in [0.15, 0.2) is 83.3 Å². The lowest BCUT2D eigenvalue weighted by Gasteiger charge is -2.08. The number of nitrogens with zero attached hydrogens (tertiary/aromatic N) is 1. The molecule has 1 heterocycles. The fourth-order valence-electron chi connectivity index (χ4n) is 3.53. The van der Waals surface area contributed by atoms with Gasteiger partial charge in [0.25, 0.3) is 5.91 Å². The predicted octanol–water partition coefficient (Wildman–Crippen LogP) is 6.33. The predicted molar refractivity (Wildman–Crippen MR) is 129 cm³/mol. The first kappa shape index (κ1) is 20.8. The highest BCUT2D eigenvalue weighted by Crippen LogP contribution is 2.32. The van der Waals surface area contributed by atoms with Gasteiger partial charge in [-0.3, -0.25) is 4.79 Å². The second-order valence-electron chi connectivity index (χ2n) is 7.40. The average molecular weight is 459 g/mol. The molecule has 164 valence electrons. The number of aromatic nitrogens is 1. The van der Waals surface area contributed by atoms with E-state index < -0.39 is 0 Å². The number of halogens is 1. The van der Waals surface area contributed by atoms with E-state index in [1.54, 1.807) is 37.4 Å². The normalized spacial score (nSPS) is 11.0. The first-order valence-corrected chi connectivity index (χ1v) is 10.6. The summed E-state index contributed by atoms with van der Waals surface area (Å²) in [4.78, 5) is 16.9. The van der Waals surface area contributed by atoms with Crippen LogP contribution in [-0.4, -0.2) is 24.6 Å². The van der Waals surface area contributed by atoms with Crippen molar-refractivity contribution in [3.05, 3.63) is 83.9 Å². The van der Waals surface area contributed by atoms with E-state index in [1.165, 1.54) is 0 Å². The highest BCUT2D eigenvalue weighted by molar-refractivity contribution is 6.32. The third-order valence-electron chi connectivity index (χ3n) is 5.16.